The number of aryl methyl sites for hydroxylation is 1. The second kappa shape index (κ2) is 5.56. The van der Waals surface area contributed by atoms with Crippen LogP contribution in [0.5, 0.6) is 0 Å². The zero-order chi connectivity index (χ0) is 15.0. The minimum atomic E-state index is 0.123. The highest BCUT2D eigenvalue weighted by Crippen LogP contribution is 2.38. The summed E-state index contributed by atoms with van der Waals surface area (Å²) in [4.78, 5) is 11.8. The standard InChI is InChI=1S/C17H28N4/c1-12-15(9-19-17(2,3)4)8-18-16(20-12)21-10-13-6-5-7-14(13)11-21/h8,13-14,19H,5-7,9-11H2,1-4H3. The van der Waals surface area contributed by atoms with Gasteiger partial charge in [-0.25, -0.2) is 9.97 Å². The largest absolute Gasteiger partial charge is 0.340 e. The van der Waals surface area contributed by atoms with Crippen molar-refractivity contribution in [3.8, 4) is 0 Å². The van der Waals surface area contributed by atoms with Gasteiger partial charge in [-0.2, -0.15) is 0 Å². The van der Waals surface area contributed by atoms with Crippen LogP contribution in [0.15, 0.2) is 6.20 Å². The van der Waals surface area contributed by atoms with Crippen LogP contribution in [0, 0.1) is 18.8 Å². The fourth-order valence-electron chi connectivity index (χ4n) is 3.56. The topological polar surface area (TPSA) is 41.1 Å². The Bertz CT molecular complexity index is 494. The Balaban J connectivity index is 1.67. The van der Waals surface area contributed by atoms with Crippen LogP contribution in [0.25, 0.3) is 0 Å². The molecule has 21 heavy (non-hydrogen) atoms. The fraction of sp³-hybridized carbons (Fsp3) is 0.765. The van der Waals surface area contributed by atoms with Crippen LogP contribution in [-0.4, -0.2) is 28.6 Å². The number of fused-ring (bicyclic) bond motifs is 1. The van der Waals surface area contributed by atoms with Gasteiger partial charge in [-0.3, -0.25) is 0 Å². The maximum Gasteiger partial charge on any atom is 0.225 e. The van der Waals surface area contributed by atoms with E-state index in [9.17, 15) is 0 Å². The van der Waals surface area contributed by atoms with Crippen LogP contribution in [0.3, 0.4) is 0 Å². The molecule has 1 aliphatic carbocycles. The average Bonchev–Trinajstić information content (AvgIpc) is 2.96. The predicted octanol–water partition coefficient (Wildman–Crippen LogP) is 2.91. The lowest BCUT2D eigenvalue weighted by Crippen LogP contribution is -2.35. The van der Waals surface area contributed by atoms with Crippen LogP contribution in [0.1, 0.15) is 51.3 Å². The number of hydrogen-bond donors (Lipinski definition) is 1. The van der Waals surface area contributed by atoms with E-state index in [4.69, 9.17) is 4.98 Å². The molecule has 4 heteroatoms. The highest BCUT2D eigenvalue weighted by Gasteiger charge is 2.37. The Kier molecular flexibility index (Phi) is 3.91. The molecule has 0 spiro atoms. The van der Waals surface area contributed by atoms with Gasteiger partial charge < -0.3 is 10.2 Å². The van der Waals surface area contributed by atoms with E-state index >= 15 is 0 Å². The number of rotatable bonds is 3. The van der Waals surface area contributed by atoms with Crippen molar-refractivity contribution < 1.29 is 0 Å². The smallest absolute Gasteiger partial charge is 0.225 e. The van der Waals surface area contributed by atoms with Gasteiger partial charge in [0.25, 0.3) is 0 Å². The van der Waals surface area contributed by atoms with Crippen molar-refractivity contribution in [1.82, 2.24) is 15.3 Å². The maximum atomic E-state index is 4.76. The number of anilines is 1. The first-order valence-corrected chi connectivity index (χ1v) is 8.25. The van der Waals surface area contributed by atoms with Gasteiger partial charge >= 0.3 is 0 Å². The maximum absolute atomic E-state index is 4.76. The van der Waals surface area contributed by atoms with Crippen molar-refractivity contribution >= 4 is 5.95 Å². The van der Waals surface area contributed by atoms with Gasteiger partial charge in [-0.15, -0.1) is 0 Å². The Morgan fingerprint density at radius 3 is 2.48 bits per heavy atom. The van der Waals surface area contributed by atoms with E-state index < -0.39 is 0 Å². The molecule has 0 radical (unpaired) electrons. The molecule has 2 atom stereocenters. The molecule has 2 heterocycles. The van der Waals surface area contributed by atoms with Gasteiger partial charge in [0.2, 0.25) is 5.95 Å². The van der Waals surface area contributed by atoms with Crippen LogP contribution in [0.2, 0.25) is 0 Å². The zero-order valence-corrected chi connectivity index (χ0v) is 13.8. The van der Waals surface area contributed by atoms with E-state index in [0.29, 0.717) is 0 Å². The number of nitrogens with zero attached hydrogens (tertiary/aromatic N) is 3. The SMILES string of the molecule is Cc1nc(N2CC3CCCC3C2)ncc1CNC(C)(C)C. The third-order valence-corrected chi connectivity index (χ3v) is 4.89. The van der Waals surface area contributed by atoms with Crippen LogP contribution < -0.4 is 10.2 Å². The summed E-state index contributed by atoms with van der Waals surface area (Å²) in [5.74, 6) is 2.70. The highest BCUT2D eigenvalue weighted by atomic mass is 15.3. The molecule has 1 saturated carbocycles. The van der Waals surface area contributed by atoms with E-state index in [0.717, 1.165) is 43.1 Å². The lowest BCUT2D eigenvalue weighted by Gasteiger charge is -2.22. The van der Waals surface area contributed by atoms with Crippen molar-refractivity contribution in [3.63, 3.8) is 0 Å². The normalized spacial score (nSPS) is 25.4. The first-order valence-electron chi connectivity index (χ1n) is 8.25. The van der Waals surface area contributed by atoms with Gasteiger partial charge in [-0.05, 0) is 52.4 Å². The Morgan fingerprint density at radius 2 is 1.90 bits per heavy atom. The van der Waals surface area contributed by atoms with E-state index in [1.165, 1.54) is 24.8 Å². The number of aromatic nitrogens is 2. The molecule has 1 aromatic heterocycles. The third kappa shape index (κ3) is 3.37. The van der Waals surface area contributed by atoms with Gasteiger partial charge in [0.05, 0.1) is 0 Å². The number of hydrogen-bond acceptors (Lipinski definition) is 4. The highest BCUT2D eigenvalue weighted by molar-refractivity contribution is 5.35. The van der Waals surface area contributed by atoms with Crippen molar-refractivity contribution in [3.05, 3.63) is 17.5 Å². The van der Waals surface area contributed by atoms with Gasteiger partial charge in [-0.1, -0.05) is 6.42 Å². The summed E-state index contributed by atoms with van der Waals surface area (Å²) in [6.45, 7) is 11.8. The molecule has 2 unspecified atom stereocenters. The fourth-order valence-corrected chi connectivity index (χ4v) is 3.56. The quantitative estimate of drug-likeness (QED) is 0.928. The Morgan fingerprint density at radius 1 is 1.24 bits per heavy atom. The van der Waals surface area contributed by atoms with Crippen molar-refractivity contribution in [2.75, 3.05) is 18.0 Å². The predicted molar refractivity (Wildman–Crippen MR) is 86.4 cm³/mol. The first-order chi connectivity index (χ1) is 9.92. The molecule has 2 aliphatic rings. The van der Waals surface area contributed by atoms with Crippen LogP contribution in [0.4, 0.5) is 5.95 Å². The third-order valence-electron chi connectivity index (χ3n) is 4.89. The monoisotopic (exact) mass is 288 g/mol. The molecule has 3 rings (SSSR count). The average molecular weight is 288 g/mol. The van der Waals surface area contributed by atoms with E-state index in [-0.39, 0.29) is 5.54 Å². The van der Waals surface area contributed by atoms with Gasteiger partial charge in [0.15, 0.2) is 0 Å². The Hall–Kier alpha value is -1.16. The van der Waals surface area contributed by atoms with Crippen molar-refractivity contribution in [2.24, 2.45) is 11.8 Å². The summed E-state index contributed by atoms with van der Waals surface area (Å²) in [5.41, 5.74) is 2.43. The van der Waals surface area contributed by atoms with Crippen LogP contribution >= 0.6 is 0 Å². The van der Waals surface area contributed by atoms with Crippen LogP contribution in [-0.2, 0) is 6.54 Å². The molecule has 0 amide bonds. The molecule has 1 aliphatic heterocycles. The molecule has 4 nitrogen and oxygen atoms in total. The Labute approximate surface area is 128 Å². The summed E-state index contributed by atoms with van der Waals surface area (Å²) in [6, 6.07) is 0. The zero-order valence-electron chi connectivity index (χ0n) is 13.8. The van der Waals surface area contributed by atoms with E-state index in [1.54, 1.807) is 0 Å². The lowest BCUT2D eigenvalue weighted by atomic mass is 10.0. The minimum absolute atomic E-state index is 0.123. The van der Waals surface area contributed by atoms with Gasteiger partial charge in [0, 0.05) is 42.6 Å². The molecule has 116 valence electrons. The molecule has 0 aromatic carbocycles. The van der Waals surface area contributed by atoms with Crippen molar-refractivity contribution in [2.45, 2.75) is 59.0 Å². The van der Waals surface area contributed by atoms with Crippen molar-refractivity contribution in [1.29, 1.82) is 0 Å². The van der Waals surface area contributed by atoms with E-state index in [2.05, 4.69) is 42.9 Å². The second-order valence-corrected chi connectivity index (χ2v) is 7.74. The molecular formula is C17H28N4. The molecule has 1 aromatic rings. The summed E-state index contributed by atoms with van der Waals surface area (Å²) in [7, 11) is 0. The van der Waals surface area contributed by atoms with Gasteiger partial charge in [0.1, 0.15) is 0 Å². The first kappa shape index (κ1) is 14.8. The molecule has 1 saturated heterocycles. The summed E-state index contributed by atoms with van der Waals surface area (Å²) in [5, 5.41) is 3.51. The minimum Gasteiger partial charge on any atom is -0.340 e. The summed E-state index contributed by atoms with van der Waals surface area (Å²) < 4.78 is 0. The molecule has 0 bridgehead atoms. The molecule has 2 fully saturated rings. The lowest BCUT2D eigenvalue weighted by molar-refractivity contribution is 0.423. The molecular weight excluding hydrogens is 260 g/mol. The summed E-state index contributed by atoms with van der Waals surface area (Å²) >= 11 is 0. The van der Waals surface area contributed by atoms with E-state index in [1.807, 2.05) is 6.20 Å². The number of nitrogens with one attached hydrogen (secondary N) is 1. The second-order valence-electron chi connectivity index (χ2n) is 7.74. The molecule has 1 N–H and O–H groups in total. The summed E-state index contributed by atoms with van der Waals surface area (Å²) in [6.07, 6.45) is 6.21.